The molecule has 5 heteroatoms. The molecule has 3 heterocycles. The SMILES string of the molecule is CC(C)N1CCCCC1c1nc2cccnc2n1CCCO. The normalized spacial score (nSPS) is 20.1. The molecule has 0 radical (unpaired) electrons. The third-order valence-electron chi connectivity index (χ3n) is 4.58. The molecule has 0 saturated carbocycles. The molecule has 3 rings (SSSR count). The Morgan fingerprint density at radius 2 is 2.23 bits per heavy atom. The van der Waals surface area contributed by atoms with Crippen molar-refractivity contribution in [3.8, 4) is 0 Å². The van der Waals surface area contributed by atoms with E-state index < -0.39 is 0 Å². The lowest BCUT2D eigenvalue weighted by Gasteiger charge is -2.38. The summed E-state index contributed by atoms with van der Waals surface area (Å²) in [6.45, 7) is 6.64. The Kier molecular flexibility index (Phi) is 4.74. The first-order valence-corrected chi connectivity index (χ1v) is 8.40. The number of likely N-dealkylation sites (tertiary alicyclic amines) is 1. The molecule has 1 aliphatic rings. The van der Waals surface area contributed by atoms with Gasteiger partial charge in [0.2, 0.25) is 0 Å². The molecule has 1 fully saturated rings. The van der Waals surface area contributed by atoms with Crippen LogP contribution in [0.25, 0.3) is 11.2 Å². The number of hydrogen-bond acceptors (Lipinski definition) is 4. The number of aliphatic hydroxyl groups excluding tert-OH is 1. The van der Waals surface area contributed by atoms with Crippen molar-refractivity contribution in [3.05, 3.63) is 24.2 Å². The van der Waals surface area contributed by atoms with Gasteiger partial charge >= 0.3 is 0 Å². The van der Waals surface area contributed by atoms with Crippen LogP contribution in [-0.2, 0) is 6.54 Å². The zero-order chi connectivity index (χ0) is 15.5. The zero-order valence-electron chi connectivity index (χ0n) is 13.6. The van der Waals surface area contributed by atoms with E-state index in [9.17, 15) is 5.11 Å². The van der Waals surface area contributed by atoms with Crippen molar-refractivity contribution in [3.63, 3.8) is 0 Å². The Labute approximate surface area is 132 Å². The van der Waals surface area contributed by atoms with Gasteiger partial charge in [-0.3, -0.25) is 4.90 Å². The van der Waals surface area contributed by atoms with Crippen molar-refractivity contribution in [2.24, 2.45) is 0 Å². The van der Waals surface area contributed by atoms with Crippen LogP contribution in [0.1, 0.15) is 51.4 Å². The van der Waals surface area contributed by atoms with Crippen LogP contribution in [0.2, 0.25) is 0 Å². The second kappa shape index (κ2) is 6.75. The van der Waals surface area contributed by atoms with E-state index in [4.69, 9.17) is 4.98 Å². The van der Waals surface area contributed by atoms with Crippen LogP contribution in [0.3, 0.4) is 0 Å². The van der Waals surface area contributed by atoms with Crippen LogP contribution in [0.5, 0.6) is 0 Å². The molecule has 120 valence electrons. The number of imidazole rings is 1. The summed E-state index contributed by atoms with van der Waals surface area (Å²) in [6, 6.07) is 4.85. The second-order valence-corrected chi connectivity index (χ2v) is 6.39. The largest absolute Gasteiger partial charge is 0.396 e. The molecular weight excluding hydrogens is 276 g/mol. The molecule has 1 saturated heterocycles. The maximum absolute atomic E-state index is 9.21. The summed E-state index contributed by atoms with van der Waals surface area (Å²) in [6.07, 6.45) is 6.24. The maximum Gasteiger partial charge on any atom is 0.160 e. The highest BCUT2D eigenvalue weighted by Gasteiger charge is 2.30. The van der Waals surface area contributed by atoms with Gasteiger partial charge in [0.1, 0.15) is 11.3 Å². The van der Waals surface area contributed by atoms with Gasteiger partial charge in [-0.15, -0.1) is 0 Å². The fraction of sp³-hybridized carbons (Fsp3) is 0.647. The highest BCUT2D eigenvalue weighted by Crippen LogP contribution is 2.33. The number of aromatic nitrogens is 3. The third kappa shape index (κ3) is 2.88. The molecule has 0 aliphatic carbocycles. The summed E-state index contributed by atoms with van der Waals surface area (Å²) < 4.78 is 2.22. The molecular formula is C17H26N4O. The van der Waals surface area contributed by atoms with Crippen LogP contribution in [0.4, 0.5) is 0 Å². The third-order valence-corrected chi connectivity index (χ3v) is 4.58. The Morgan fingerprint density at radius 3 is 3.00 bits per heavy atom. The minimum Gasteiger partial charge on any atom is -0.396 e. The molecule has 0 amide bonds. The van der Waals surface area contributed by atoms with Crippen LogP contribution < -0.4 is 0 Å². The number of aryl methyl sites for hydroxylation is 1. The minimum absolute atomic E-state index is 0.199. The van der Waals surface area contributed by atoms with E-state index in [1.54, 1.807) is 0 Å². The fourth-order valence-corrected chi connectivity index (χ4v) is 3.53. The number of hydrogen-bond donors (Lipinski definition) is 1. The van der Waals surface area contributed by atoms with Crippen LogP contribution >= 0.6 is 0 Å². The summed E-state index contributed by atoms with van der Waals surface area (Å²) in [5, 5.41) is 9.21. The summed E-state index contributed by atoms with van der Waals surface area (Å²) in [5.41, 5.74) is 1.91. The van der Waals surface area contributed by atoms with Gasteiger partial charge in [0.25, 0.3) is 0 Å². The first-order chi connectivity index (χ1) is 10.7. The number of pyridine rings is 1. The van der Waals surface area contributed by atoms with Crippen LogP contribution in [0.15, 0.2) is 18.3 Å². The average molecular weight is 302 g/mol. The predicted octanol–water partition coefficient (Wildman–Crippen LogP) is 2.75. The van der Waals surface area contributed by atoms with E-state index in [-0.39, 0.29) is 6.61 Å². The molecule has 1 aliphatic heterocycles. The molecule has 0 aromatic carbocycles. The van der Waals surface area contributed by atoms with Crippen molar-refractivity contribution < 1.29 is 5.11 Å². The maximum atomic E-state index is 9.21. The summed E-state index contributed by atoms with van der Waals surface area (Å²) >= 11 is 0. The van der Waals surface area contributed by atoms with Gasteiger partial charge in [-0.05, 0) is 51.8 Å². The monoisotopic (exact) mass is 302 g/mol. The molecule has 1 atom stereocenters. The van der Waals surface area contributed by atoms with Crippen molar-refractivity contribution >= 4 is 11.2 Å². The quantitative estimate of drug-likeness (QED) is 0.922. The summed E-state index contributed by atoms with van der Waals surface area (Å²) in [7, 11) is 0. The second-order valence-electron chi connectivity index (χ2n) is 6.39. The lowest BCUT2D eigenvalue weighted by Crippen LogP contribution is -2.39. The van der Waals surface area contributed by atoms with Gasteiger partial charge in [-0.2, -0.15) is 0 Å². The molecule has 22 heavy (non-hydrogen) atoms. The number of rotatable bonds is 5. The molecule has 2 aromatic rings. The van der Waals surface area contributed by atoms with Crippen molar-refractivity contribution in [1.82, 2.24) is 19.4 Å². The topological polar surface area (TPSA) is 54.2 Å². The van der Waals surface area contributed by atoms with Crippen molar-refractivity contribution in [2.45, 2.75) is 58.2 Å². The van der Waals surface area contributed by atoms with E-state index >= 15 is 0 Å². The predicted molar refractivity (Wildman–Crippen MR) is 87.7 cm³/mol. The molecule has 1 N–H and O–H groups in total. The number of nitrogens with zero attached hydrogens (tertiary/aromatic N) is 4. The number of piperidine rings is 1. The Bertz CT molecular complexity index is 622. The smallest absolute Gasteiger partial charge is 0.160 e. The van der Waals surface area contributed by atoms with Gasteiger partial charge in [-0.25, -0.2) is 9.97 Å². The highest BCUT2D eigenvalue weighted by molar-refractivity contribution is 5.71. The van der Waals surface area contributed by atoms with Gasteiger partial charge in [0.05, 0.1) is 6.04 Å². The minimum atomic E-state index is 0.199. The summed E-state index contributed by atoms with van der Waals surface area (Å²) in [4.78, 5) is 12.0. The Morgan fingerprint density at radius 1 is 1.36 bits per heavy atom. The van der Waals surface area contributed by atoms with Crippen LogP contribution in [0, 0.1) is 0 Å². The summed E-state index contributed by atoms with van der Waals surface area (Å²) in [5.74, 6) is 1.12. The molecule has 5 nitrogen and oxygen atoms in total. The molecule has 2 aromatic heterocycles. The first-order valence-electron chi connectivity index (χ1n) is 8.40. The van der Waals surface area contributed by atoms with E-state index in [0.717, 1.165) is 42.9 Å². The Hall–Kier alpha value is -1.46. The Balaban J connectivity index is 2.03. The molecule has 0 bridgehead atoms. The number of aliphatic hydroxyl groups is 1. The lowest BCUT2D eigenvalue weighted by atomic mass is 9.99. The van der Waals surface area contributed by atoms with E-state index in [1.165, 1.54) is 12.8 Å². The van der Waals surface area contributed by atoms with Crippen molar-refractivity contribution in [1.29, 1.82) is 0 Å². The van der Waals surface area contributed by atoms with Gasteiger partial charge in [0.15, 0.2) is 5.65 Å². The fourth-order valence-electron chi connectivity index (χ4n) is 3.53. The van der Waals surface area contributed by atoms with Crippen LogP contribution in [-0.4, -0.2) is 43.7 Å². The van der Waals surface area contributed by atoms with E-state index in [1.807, 2.05) is 18.3 Å². The molecule has 1 unspecified atom stereocenters. The number of fused-ring (bicyclic) bond motifs is 1. The van der Waals surface area contributed by atoms with Crippen molar-refractivity contribution in [2.75, 3.05) is 13.2 Å². The van der Waals surface area contributed by atoms with Gasteiger partial charge in [0, 0.05) is 25.4 Å². The van der Waals surface area contributed by atoms with Gasteiger partial charge in [-0.1, -0.05) is 6.42 Å². The lowest BCUT2D eigenvalue weighted by molar-refractivity contribution is 0.103. The first kappa shape index (κ1) is 15.4. The zero-order valence-corrected chi connectivity index (χ0v) is 13.6. The standard InChI is InChI=1S/C17H26N4O/c1-13(2)20-10-4-3-8-15(20)17-19-14-7-5-9-18-16(14)21(17)11-6-12-22/h5,7,9,13,15,22H,3-4,6,8,10-12H2,1-2H3. The van der Waals surface area contributed by atoms with E-state index in [2.05, 4.69) is 28.3 Å². The average Bonchev–Trinajstić information content (AvgIpc) is 2.91. The van der Waals surface area contributed by atoms with Gasteiger partial charge < -0.3 is 9.67 Å². The van der Waals surface area contributed by atoms with E-state index in [0.29, 0.717) is 12.1 Å². The molecule has 0 spiro atoms. The highest BCUT2D eigenvalue weighted by atomic mass is 16.3.